The van der Waals surface area contributed by atoms with Crippen LogP contribution in [-0.4, -0.2) is 63.3 Å². The van der Waals surface area contributed by atoms with Crippen molar-refractivity contribution in [1.82, 2.24) is 10.2 Å². The first-order valence-electron chi connectivity index (χ1n) is 10.2. The van der Waals surface area contributed by atoms with Gasteiger partial charge in [-0.25, -0.2) is 0 Å². The summed E-state index contributed by atoms with van der Waals surface area (Å²) >= 11 is 0. The molecule has 1 aliphatic heterocycles. The van der Waals surface area contributed by atoms with E-state index in [0.717, 1.165) is 49.9 Å². The molecule has 1 N–H and O–H groups in total. The number of amides is 1. The summed E-state index contributed by atoms with van der Waals surface area (Å²) in [6.45, 7) is 9.28. The highest BCUT2D eigenvalue weighted by Crippen LogP contribution is 2.28. The Balaban J connectivity index is 1.41. The van der Waals surface area contributed by atoms with E-state index >= 15 is 0 Å². The van der Waals surface area contributed by atoms with Gasteiger partial charge in [-0.15, -0.1) is 0 Å². The van der Waals surface area contributed by atoms with E-state index in [1.54, 1.807) is 19.2 Å². The van der Waals surface area contributed by atoms with Crippen molar-refractivity contribution in [2.75, 3.05) is 51.3 Å². The fourth-order valence-corrected chi connectivity index (χ4v) is 3.49. The van der Waals surface area contributed by atoms with E-state index < -0.39 is 0 Å². The van der Waals surface area contributed by atoms with E-state index in [4.69, 9.17) is 9.47 Å². The van der Waals surface area contributed by atoms with Crippen molar-refractivity contribution in [1.29, 1.82) is 0 Å². The SMILES string of the molecule is COc1ccccc1N1CCN(CCNC(=O)c2ccc(OC(C)C)cc2)CC1. The van der Waals surface area contributed by atoms with Crippen LogP contribution in [-0.2, 0) is 0 Å². The first-order chi connectivity index (χ1) is 14.1. The number of nitrogens with zero attached hydrogens (tertiary/aromatic N) is 2. The fourth-order valence-electron chi connectivity index (χ4n) is 3.49. The van der Waals surface area contributed by atoms with Gasteiger partial charge in [0.1, 0.15) is 11.5 Å². The van der Waals surface area contributed by atoms with Crippen molar-refractivity contribution < 1.29 is 14.3 Å². The van der Waals surface area contributed by atoms with E-state index in [9.17, 15) is 4.79 Å². The summed E-state index contributed by atoms with van der Waals surface area (Å²) in [7, 11) is 1.71. The third-order valence-corrected chi connectivity index (χ3v) is 5.00. The summed E-state index contributed by atoms with van der Waals surface area (Å²) in [5.41, 5.74) is 1.80. The average Bonchev–Trinajstić information content (AvgIpc) is 2.74. The van der Waals surface area contributed by atoms with E-state index in [0.29, 0.717) is 12.1 Å². The molecule has 6 heteroatoms. The smallest absolute Gasteiger partial charge is 0.251 e. The zero-order valence-electron chi connectivity index (χ0n) is 17.6. The van der Waals surface area contributed by atoms with Gasteiger partial charge in [0.2, 0.25) is 0 Å². The number of benzene rings is 2. The number of carbonyl (C=O) groups excluding carboxylic acids is 1. The molecule has 0 aromatic heterocycles. The predicted octanol–water partition coefficient (Wildman–Crippen LogP) is 3.03. The molecule has 1 saturated heterocycles. The van der Waals surface area contributed by atoms with Crippen molar-refractivity contribution in [3.8, 4) is 11.5 Å². The Hall–Kier alpha value is -2.73. The first-order valence-corrected chi connectivity index (χ1v) is 10.2. The molecule has 1 heterocycles. The molecule has 0 spiro atoms. The Bertz CT molecular complexity index is 784. The Morgan fingerprint density at radius 2 is 1.72 bits per heavy atom. The van der Waals surface area contributed by atoms with Gasteiger partial charge in [0, 0.05) is 44.8 Å². The van der Waals surface area contributed by atoms with E-state index in [-0.39, 0.29) is 12.0 Å². The number of nitrogens with one attached hydrogen (secondary N) is 1. The van der Waals surface area contributed by atoms with Crippen molar-refractivity contribution in [2.45, 2.75) is 20.0 Å². The molecule has 0 atom stereocenters. The van der Waals surface area contributed by atoms with Crippen LogP contribution in [0.4, 0.5) is 5.69 Å². The number of rotatable bonds is 8. The number of methoxy groups -OCH3 is 1. The van der Waals surface area contributed by atoms with Gasteiger partial charge in [0.15, 0.2) is 0 Å². The minimum absolute atomic E-state index is 0.0474. The van der Waals surface area contributed by atoms with Crippen LogP contribution in [0.25, 0.3) is 0 Å². The lowest BCUT2D eigenvalue weighted by Crippen LogP contribution is -2.48. The largest absolute Gasteiger partial charge is 0.495 e. The van der Waals surface area contributed by atoms with Gasteiger partial charge in [-0.05, 0) is 50.2 Å². The van der Waals surface area contributed by atoms with Crippen LogP contribution in [0.15, 0.2) is 48.5 Å². The van der Waals surface area contributed by atoms with Gasteiger partial charge in [-0.2, -0.15) is 0 Å². The molecule has 1 fully saturated rings. The van der Waals surface area contributed by atoms with E-state index in [1.165, 1.54) is 0 Å². The number of hydrogen-bond acceptors (Lipinski definition) is 5. The molecule has 0 bridgehead atoms. The van der Waals surface area contributed by atoms with Gasteiger partial charge >= 0.3 is 0 Å². The third-order valence-electron chi connectivity index (χ3n) is 5.00. The maximum Gasteiger partial charge on any atom is 0.251 e. The van der Waals surface area contributed by atoms with Crippen LogP contribution in [0.2, 0.25) is 0 Å². The molecule has 0 unspecified atom stereocenters. The van der Waals surface area contributed by atoms with Gasteiger partial charge < -0.3 is 19.7 Å². The maximum atomic E-state index is 12.3. The van der Waals surface area contributed by atoms with Crippen LogP contribution < -0.4 is 19.7 Å². The van der Waals surface area contributed by atoms with Crippen LogP contribution in [0, 0.1) is 0 Å². The Kier molecular flexibility index (Phi) is 7.36. The van der Waals surface area contributed by atoms with Crippen molar-refractivity contribution >= 4 is 11.6 Å². The molecule has 0 aliphatic carbocycles. The summed E-state index contributed by atoms with van der Waals surface area (Å²) < 4.78 is 11.1. The molecule has 2 aromatic carbocycles. The number of carbonyl (C=O) groups is 1. The quantitative estimate of drug-likeness (QED) is 0.742. The highest BCUT2D eigenvalue weighted by Gasteiger charge is 2.19. The van der Waals surface area contributed by atoms with Crippen molar-refractivity contribution in [3.63, 3.8) is 0 Å². The molecule has 3 rings (SSSR count). The lowest BCUT2D eigenvalue weighted by molar-refractivity contribution is 0.0947. The Labute approximate surface area is 173 Å². The van der Waals surface area contributed by atoms with E-state index in [1.807, 2.05) is 44.2 Å². The topological polar surface area (TPSA) is 54.0 Å². The second-order valence-corrected chi connectivity index (χ2v) is 7.45. The molecule has 0 radical (unpaired) electrons. The lowest BCUT2D eigenvalue weighted by atomic mass is 10.2. The summed E-state index contributed by atoms with van der Waals surface area (Å²) in [6, 6.07) is 15.4. The van der Waals surface area contributed by atoms with Crippen LogP contribution >= 0.6 is 0 Å². The van der Waals surface area contributed by atoms with Crippen LogP contribution in [0.3, 0.4) is 0 Å². The molecule has 6 nitrogen and oxygen atoms in total. The standard InChI is InChI=1S/C23H31N3O3/c1-18(2)29-20-10-8-19(9-11-20)23(27)24-12-13-25-14-16-26(17-15-25)21-6-4-5-7-22(21)28-3/h4-11,18H,12-17H2,1-3H3,(H,24,27). The van der Waals surface area contributed by atoms with E-state index in [2.05, 4.69) is 21.2 Å². The molecule has 0 saturated carbocycles. The van der Waals surface area contributed by atoms with Gasteiger partial charge in [-0.3, -0.25) is 9.69 Å². The molecule has 1 aliphatic rings. The third kappa shape index (κ3) is 5.87. The van der Waals surface area contributed by atoms with Crippen molar-refractivity contribution in [3.05, 3.63) is 54.1 Å². The maximum absolute atomic E-state index is 12.3. The van der Waals surface area contributed by atoms with Gasteiger partial charge in [-0.1, -0.05) is 12.1 Å². The van der Waals surface area contributed by atoms with Gasteiger partial charge in [0.05, 0.1) is 18.9 Å². The normalized spacial score (nSPS) is 14.7. The monoisotopic (exact) mass is 397 g/mol. The summed E-state index contributed by atoms with van der Waals surface area (Å²) in [6.07, 6.45) is 0.123. The van der Waals surface area contributed by atoms with Crippen LogP contribution in [0.5, 0.6) is 11.5 Å². The number of ether oxygens (including phenoxy) is 2. The van der Waals surface area contributed by atoms with Crippen molar-refractivity contribution in [2.24, 2.45) is 0 Å². The lowest BCUT2D eigenvalue weighted by Gasteiger charge is -2.36. The molecule has 1 amide bonds. The summed E-state index contributed by atoms with van der Waals surface area (Å²) in [4.78, 5) is 17.1. The Morgan fingerprint density at radius 1 is 1.03 bits per heavy atom. The Morgan fingerprint density at radius 3 is 2.38 bits per heavy atom. The molecule has 29 heavy (non-hydrogen) atoms. The first kappa shape index (κ1) is 21.0. The average molecular weight is 398 g/mol. The zero-order chi connectivity index (χ0) is 20.6. The number of para-hydroxylation sites is 2. The molecular formula is C23H31N3O3. The number of hydrogen-bond donors (Lipinski definition) is 1. The molecule has 2 aromatic rings. The minimum atomic E-state index is -0.0474. The molecular weight excluding hydrogens is 366 g/mol. The zero-order valence-corrected chi connectivity index (χ0v) is 17.6. The van der Waals surface area contributed by atoms with Gasteiger partial charge in [0.25, 0.3) is 5.91 Å². The summed E-state index contributed by atoms with van der Waals surface area (Å²) in [5, 5.41) is 3.01. The molecule has 156 valence electrons. The highest BCUT2D eigenvalue weighted by atomic mass is 16.5. The second kappa shape index (κ2) is 10.2. The second-order valence-electron chi connectivity index (χ2n) is 7.45. The number of piperazine rings is 1. The highest BCUT2D eigenvalue weighted by molar-refractivity contribution is 5.94. The number of anilines is 1. The summed E-state index contributed by atoms with van der Waals surface area (Å²) in [5.74, 6) is 1.65. The fraction of sp³-hybridized carbons (Fsp3) is 0.435. The predicted molar refractivity (Wildman–Crippen MR) is 116 cm³/mol. The minimum Gasteiger partial charge on any atom is -0.495 e. The van der Waals surface area contributed by atoms with Crippen LogP contribution in [0.1, 0.15) is 24.2 Å².